The molecule has 2 heterocycles. The fraction of sp³-hybridized carbons (Fsp3) is 0.250. The number of fused-ring (bicyclic) bond motifs is 2. The first-order chi connectivity index (χ1) is 8.61. The zero-order chi connectivity index (χ0) is 12.9. The Bertz CT molecular complexity index is 672. The van der Waals surface area contributed by atoms with E-state index in [1.807, 2.05) is 6.92 Å². The van der Waals surface area contributed by atoms with Gasteiger partial charge in [0.25, 0.3) is 15.9 Å². The third-order valence-corrected chi connectivity index (χ3v) is 4.95. The summed E-state index contributed by atoms with van der Waals surface area (Å²) in [6.07, 6.45) is 0.743. The van der Waals surface area contributed by atoms with Crippen LogP contribution >= 0.6 is 22.7 Å². The van der Waals surface area contributed by atoms with Crippen LogP contribution in [0.2, 0.25) is 0 Å². The van der Waals surface area contributed by atoms with E-state index in [1.54, 1.807) is 12.1 Å². The van der Waals surface area contributed by atoms with Crippen LogP contribution in [0.15, 0.2) is 16.9 Å². The van der Waals surface area contributed by atoms with Crippen molar-refractivity contribution in [1.29, 1.82) is 0 Å². The van der Waals surface area contributed by atoms with Crippen molar-refractivity contribution in [3.05, 3.63) is 32.1 Å². The van der Waals surface area contributed by atoms with Gasteiger partial charge in [-0.25, -0.2) is 0 Å². The Morgan fingerprint density at radius 2 is 1.50 bits per heavy atom. The van der Waals surface area contributed by atoms with Gasteiger partial charge >= 0.3 is 0 Å². The van der Waals surface area contributed by atoms with E-state index in [1.165, 1.54) is 4.90 Å². The highest BCUT2D eigenvalue weighted by Crippen LogP contribution is 2.30. The first kappa shape index (κ1) is 11.6. The largest absolute Gasteiger partial charge is 0.288 e. The molecule has 0 unspecified atom stereocenters. The molecule has 6 heteroatoms. The summed E-state index contributed by atoms with van der Waals surface area (Å²) >= 11 is 2.23. The monoisotopic (exact) mass is 279 g/mol. The molecule has 92 valence electrons. The number of carbonyl (C=O) groups excluding carboxylic acids is 2. The highest BCUT2D eigenvalue weighted by molar-refractivity contribution is 7.35. The van der Waals surface area contributed by atoms with Crippen molar-refractivity contribution in [2.24, 2.45) is 0 Å². The molecular weight excluding hydrogens is 270 g/mol. The fourth-order valence-corrected chi connectivity index (χ4v) is 4.07. The molecule has 0 saturated heterocycles. The molecule has 1 aromatic heterocycles. The van der Waals surface area contributed by atoms with Crippen LogP contribution in [-0.2, 0) is 0 Å². The first-order valence-corrected chi connectivity index (χ1v) is 7.19. The van der Waals surface area contributed by atoms with E-state index in [0.29, 0.717) is 17.7 Å². The van der Waals surface area contributed by atoms with Gasteiger partial charge in [-0.3, -0.25) is 19.3 Å². The van der Waals surface area contributed by atoms with Crippen LogP contribution in [0.5, 0.6) is 0 Å². The minimum absolute atomic E-state index is 0.0148. The number of nitrogens with zero attached hydrogens (tertiary/aromatic N) is 1. The van der Waals surface area contributed by atoms with Crippen molar-refractivity contribution >= 4 is 43.9 Å². The van der Waals surface area contributed by atoms with Crippen molar-refractivity contribution in [3.63, 3.8) is 0 Å². The Hall–Kier alpha value is -1.53. The Morgan fingerprint density at radius 3 is 1.94 bits per heavy atom. The molecule has 18 heavy (non-hydrogen) atoms. The van der Waals surface area contributed by atoms with Crippen molar-refractivity contribution < 1.29 is 9.59 Å². The maximum atomic E-state index is 12.1. The molecule has 1 aliphatic heterocycles. The molecule has 0 saturated carbocycles. The maximum Gasteiger partial charge on any atom is 0.288 e. The van der Waals surface area contributed by atoms with Gasteiger partial charge in [-0.05, 0) is 18.6 Å². The number of hydrogen-bond acceptors (Lipinski definition) is 5. The van der Waals surface area contributed by atoms with Crippen LogP contribution in [0.1, 0.15) is 34.1 Å². The van der Waals surface area contributed by atoms with Crippen LogP contribution < -0.4 is 4.06 Å². The van der Waals surface area contributed by atoms with Gasteiger partial charge in [0.1, 0.15) is 0 Å². The van der Waals surface area contributed by atoms with E-state index in [0.717, 1.165) is 38.5 Å². The van der Waals surface area contributed by atoms with Gasteiger partial charge in [-0.15, -0.1) is 0 Å². The summed E-state index contributed by atoms with van der Waals surface area (Å²) in [5.74, 6) is -0.491. The fourth-order valence-electron chi connectivity index (χ4n) is 2.08. The van der Waals surface area contributed by atoms with Crippen molar-refractivity contribution in [2.45, 2.75) is 13.3 Å². The Morgan fingerprint density at radius 1 is 1.00 bits per heavy atom. The van der Waals surface area contributed by atoms with E-state index >= 15 is 0 Å². The highest BCUT2D eigenvalue weighted by atomic mass is 32.2. The van der Waals surface area contributed by atoms with Crippen LogP contribution in [0, 0.1) is 0 Å². The predicted molar refractivity (Wildman–Crippen MR) is 71.6 cm³/mol. The standard InChI is InChI=1S/C12H9NO3S2/c1-2-3-13-10(14)6-4-8-9(18-12(16)17-8)5-7(6)11(13)15/h4-5H,2-3H2,1H3. The first-order valence-electron chi connectivity index (χ1n) is 5.55. The summed E-state index contributed by atoms with van der Waals surface area (Å²) in [7, 11) is 0. The molecule has 2 amide bonds. The number of imide groups is 1. The molecule has 0 atom stereocenters. The van der Waals surface area contributed by atoms with E-state index in [2.05, 4.69) is 0 Å². The van der Waals surface area contributed by atoms with Crippen LogP contribution in [0.3, 0.4) is 0 Å². The van der Waals surface area contributed by atoms with Crippen LogP contribution in [0.25, 0.3) is 9.40 Å². The van der Waals surface area contributed by atoms with E-state index in [-0.39, 0.29) is 15.9 Å². The van der Waals surface area contributed by atoms with Crippen molar-refractivity contribution in [3.8, 4) is 0 Å². The van der Waals surface area contributed by atoms with Gasteiger partial charge in [0, 0.05) is 15.9 Å². The summed E-state index contributed by atoms with van der Waals surface area (Å²) in [6.45, 7) is 2.37. The molecule has 2 aromatic rings. The average Bonchev–Trinajstić information content (AvgIpc) is 2.80. The zero-order valence-corrected chi connectivity index (χ0v) is 11.2. The summed E-state index contributed by atoms with van der Waals surface area (Å²) in [4.78, 5) is 36.7. The third kappa shape index (κ3) is 1.53. The van der Waals surface area contributed by atoms with Crippen molar-refractivity contribution in [2.75, 3.05) is 6.54 Å². The van der Waals surface area contributed by atoms with Gasteiger partial charge in [0.2, 0.25) is 0 Å². The Kier molecular flexibility index (Phi) is 2.57. The average molecular weight is 279 g/mol. The maximum absolute atomic E-state index is 12.1. The smallest absolute Gasteiger partial charge is 0.274 e. The number of rotatable bonds is 2. The van der Waals surface area contributed by atoms with E-state index in [4.69, 9.17) is 0 Å². The molecule has 0 radical (unpaired) electrons. The lowest BCUT2D eigenvalue weighted by Crippen LogP contribution is -2.30. The summed E-state index contributed by atoms with van der Waals surface area (Å²) in [5.41, 5.74) is 0.852. The normalized spacial score (nSPS) is 14.6. The Labute approximate surface area is 110 Å². The molecule has 0 aliphatic carbocycles. The van der Waals surface area contributed by atoms with Crippen molar-refractivity contribution in [1.82, 2.24) is 4.90 Å². The number of amides is 2. The minimum Gasteiger partial charge on any atom is -0.274 e. The Balaban J connectivity index is 2.21. The SMILES string of the molecule is CCCN1C(=O)c2cc3sc(=O)sc3cc2C1=O. The second-order valence-corrected chi connectivity index (χ2v) is 6.35. The minimum atomic E-state index is -0.246. The van der Waals surface area contributed by atoms with Gasteiger partial charge < -0.3 is 0 Å². The molecule has 3 rings (SSSR count). The van der Waals surface area contributed by atoms with Gasteiger partial charge in [0.15, 0.2) is 0 Å². The molecule has 4 nitrogen and oxygen atoms in total. The second-order valence-electron chi connectivity index (χ2n) is 4.06. The molecule has 1 aliphatic rings. The molecule has 0 fully saturated rings. The third-order valence-electron chi connectivity index (χ3n) is 2.87. The summed E-state index contributed by atoms with van der Waals surface area (Å²) < 4.78 is 1.55. The lowest BCUT2D eigenvalue weighted by atomic mass is 10.1. The predicted octanol–water partition coefficient (Wildman–Crippen LogP) is 2.33. The number of carbonyl (C=O) groups is 2. The molecule has 1 aromatic carbocycles. The van der Waals surface area contributed by atoms with Crippen LogP contribution in [0.4, 0.5) is 0 Å². The summed E-state index contributed by atoms with van der Waals surface area (Å²) in [5, 5.41) is 0. The second kappa shape index (κ2) is 4.00. The quantitative estimate of drug-likeness (QED) is 0.793. The van der Waals surface area contributed by atoms with Crippen LogP contribution in [-0.4, -0.2) is 23.3 Å². The van der Waals surface area contributed by atoms with Gasteiger partial charge in [0.05, 0.1) is 11.1 Å². The summed E-state index contributed by atoms with van der Waals surface area (Å²) in [6, 6.07) is 3.34. The van der Waals surface area contributed by atoms with Gasteiger partial charge in [-0.1, -0.05) is 29.6 Å². The lowest BCUT2D eigenvalue weighted by molar-refractivity contribution is 0.0654. The van der Waals surface area contributed by atoms with E-state index < -0.39 is 0 Å². The zero-order valence-electron chi connectivity index (χ0n) is 9.56. The topological polar surface area (TPSA) is 54.5 Å². The molecular formula is C12H9NO3S2. The number of hydrogen-bond donors (Lipinski definition) is 0. The van der Waals surface area contributed by atoms with Gasteiger partial charge in [-0.2, -0.15) is 0 Å². The number of benzene rings is 1. The molecule has 0 N–H and O–H groups in total. The van der Waals surface area contributed by atoms with E-state index in [9.17, 15) is 14.4 Å². The highest BCUT2D eigenvalue weighted by Gasteiger charge is 2.35. The lowest BCUT2D eigenvalue weighted by Gasteiger charge is -2.11. The molecule has 0 spiro atoms. The molecule has 0 bridgehead atoms.